The number of halogens is 2. The summed E-state index contributed by atoms with van der Waals surface area (Å²) in [6.07, 6.45) is 0. The molecule has 0 N–H and O–H groups in total. The third kappa shape index (κ3) is 3.99. The monoisotopic (exact) mass is 378 g/mol. The summed E-state index contributed by atoms with van der Waals surface area (Å²) < 4.78 is 31.0. The first-order valence-electron chi connectivity index (χ1n) is 6.78. The predicted octanol–water partition coefficient (Wildman–Crippen LogP) is 5.13. The Morgan fingerprint density at radius 3 is 2.10 bits per heavy atom. The summed E-state index contributed by atoms with van der Waals surface area (Å²) in [6, 6.07) is 1.55. The van der Waals surface area contributed by atoms with Gasteiger partial charge in [-0.15, -0.1) is 0 Å². The molecule has 0 atom stereocenters. The predicted molar refractivity (Wildman–Crippen MR) is 89.2 cm³/mol. The van der Waals surface area contributed by atoms with Crippen molar-refractivity contribution < 1.29 is 18.3 Å². The molecule has 0 aromatic heterocycles. The highest BCUT2D eigenvalue weighted by Crippen LogP contribution is 2.40. The van der Waals surface area contributed by atoms with E-state index in [0.717, 1.165) is 0 Å². The van der Waals surface area contributed by atoms with Crippen molar-refractivity contribution in [3.05, 3.63) is 21.9 Å². The lowest BCUT2D eigenvalue weighted by Gasteiger charge is -2.36. The molecule has 0 aliphatic carbocycles. The van der Waals surface area contributed by atoms with Gasteiger partial charge in [0, 0.05) is 11.6 Å². The van der Waals surface area contributed by atoms with Crippen LogP contribution in [0.1, 0.15) is 26.3 Å². The number of rotatable bonds is 5. The van der Waals surface area contributed by atoms with Crippen LogP contribution in [0.15, 0.2) is 10.5 Å². The average Bonchev–Trinajstić information content (AvgIpc) is 2.39. The Morgan fingerprint density at radius 2 is 1.67 bits per heavy atom. The van der Waals surface area contributed by atoms with Gasteiger partial charge in [0.25, 0.3) is 0 Å². The van der Waals surface area contributed by atoms with Gasteiger partial charge in [-0.1, -0.05) is 20.8 Å². The Hall–Kier alpha value is -0.593. The summed E-state index contributed by atoms with van der Waals surface area (Å²) in [6.45, 7) is 11.1. The number of hydrogen-bond donors (Lipinski definition) is 0. The fourth-order valence-corrected chi connectivity index (χ4v) is 3.00. The minimum absolute atomic E-state index is 0.0950. The highest BCUT2D eigenvalue weighted by Gasteiger charge is 2.37. The van der Waals surface area contributed by atoms with Crippen LogP contribution in [0.3, 0.4) is 0 Å². The van der Waals surface area contributed by atoms with Crippen LogP contribution in [0.2, 0.25) is 18.1 Å². The van der Waals surface area contributed by atoms with E-state index in [9.17, 15) is 4.39 Å². The number of hydrogen-bond acceptors (Lipinski definition) is 3. The lowest BCUT2D eigenvalue weighted by Crippen LogP contribution is -2.40. The molecular formula is C15H24BrFO3Si. The van der Waals surface area contributed by atoms with Crippen LogP contribution in [0.25, 0.3) is 0 Å². The molecule has 0 radical (unpaired) electrons. The van der Waals surface area contributed by atoms with Crippen LogP contribution < -0.4 is 9.47 Å². The maximum absolute atomic E-state index is 14.2. The first-order chi connectivity index (χ1) is 9.55. The molecule has 1 rings (SSSR count). The zero-order valence-electron chi connectivity index (χ0n) is 13.8. The van der Waals surface area contributed by atoms with Crippen LogP contribution in [0.4, 0.5) is 4.39 Å². The molecule has 0 spiro atoms. The fraction of sp³-hybridized carbons (Fsp3) is 0.600. The zero-order valence-corrected chi connectivity index (χ0v) is 16.4. The third-order valence-electron chi connectivity index (χ3n) is 4.06. The Bertz CT molecular complexity index is 513. The average molecular weight is 379 g/mol. The summed E-state index contributed by atoms with van der Waals surface area (Å²) >= 11 is 3.28. The summed E-state index contributed by atoms with van der Waals surface area (Å²) in [5, 5.41) is 0.0950. The second kappa shape index (κ2) is 6.67. The molecule has 0 fully saturated rings. The number of ether oxygens (including phenoxy) is 2. The van der Waals surface area contributed by atoms with Gasteiger partial charge in [-0.25, -0.2) is 4.39 Å². The molecule has 0 aliphatic heterocycles. The van der Waals surface area contributed by atoms with Gasteiger partial charge >= 0.3 is 0 Å². The first-order valence-corrected chi connectivity index (χ1v) is 10.5. The van der Waals surface area contributed by atoms with Crippen molar-refractivity contribution >= 4 is 24.2 Å². The van der Waals surface area contributed by atoms with Crippen LogP contribution in [0.5, 0.6) is 11.5 Å². The quantitative estimate of drug-likeness (QED) is 0.664. The van der Waals surface area contributed by atoms with Crippen molar-refractivity contribution in [2.45, 2.75) is 45.5 Å². The molecule has 1 aromatic carbocycles. The SMILES string of the molecule is COc1cc(OC)c(CO[Si](C)(C)C(C)(C)C)c(Br)c1F. The van der Waals surface area contributed by atoms with E-state index in [1.165, 1.54) is 7.11 Å². The van der Waals surface area contributed by atoms with Gasteiger partial charge < -0.3 is 13.9 Å². The van der Waals surface area contributed by atoms with E-state index < -0.39 is 14.1 Å². The minimum atomic E-state index is -1.92. The molecule has 0 amide bonds. The van der Waals surface area contributed by atoms with E-state index in [0.29, 0.717) is 22.4 Å². The Morgan fingerprint density at radius 1 is 1.14 bits per heavy atom. The summed E-state index contributed by atoms with van der Waals surface area (Å²) in [7, 11) is 1.06. The molecule has 21 heavy (non-hydrogen) atoms. The van der Waals surface area contributed by atoms with Crippen molar-refractivity contribution in [1.29, 1.82) is 0 Å². The molecule has 0 saturated heterocycles. The molecule has 0 saturated carbocycles. The van der Waals surface area contributed by atoms with Crippen LogP contribution in [0, 0.1) is 5.82 Å². The van der Waals surface area contributed by atoms with E-state index in [1.54, 1.807) is 13.2 Å². The van der Waals surface area contributed by atoms with Gasteiger partial charge in [0.2, 0.25) is 0 Å². The normalized spacial score (nSPS) is 12.4. The van der Waals surface area contributed by atoms with Crippen LogP contribution in [-0.4, -0.2) is 22.5 Å². The molecular weight excluding hydrogens is 355 g/mol. The maximum atomic E-state index is 14.2. The molecule has 6 heteroatoms. The maximum Gasteiger partial charge on any atom is 0.192 e. The summed E-state index contributed by atoms with van der Waals surface area (Å²) in [5.74, 6) is 0.265. The Balaban J connectivity index is 3.12. The van der Waals surface area contributed by atoms with Gasteiger partial charge in [-0.3, -0.25) is 0 Å². The summed E-state index contributed by atoms with van der Waals surface area (Å²) in [5.41, 5.74) is 0.667. The van der Waals surface area contributed by atoms with E-state index in [2.05, 4.69) is 49.8 Å². The molecule has 0 heterocycles. The van der Waals surface area contributed by atoms with Crippen LogP contribution >= 0.6 is 15.9 Å². The Kier molecular flexibility index (Phi) is 5.86. The van der Waals surface area contributed by atoms with Crippen molar-refractivity contribution in [3.8, 4) is 11.5 Å². The highest BCUT2D eigenvalue weighted by atomic mass is 79.9. The second-order valence-electron chi connectivity index (χ2n) is 6.44. The molecule has 0 bridgehead atoms. The molecule has 0 unspecified atom stereocenters. The van der Waals surface area contributed by atoms with Crippen molar-refractivity contribution in [3.63, 3.8) is 0 Å². The second-order valence-corrected chi connectivity index (χ2v) is 12.0. The van der Waals surface area contributed by atoms with Gasteiger partial charge in [0.05, 0.1) is 25.3 Å². The van der Waals surface area contributed by atoms with E-state index in [-0.39, 0.29) is 10.8 Å². The highest BCUT2D eigenvalue weighted by molar-refractivity contribution is 9.10. The molecule has 120 valence electrons. The largest absolute Gasteiger partial charge is 0.496 e. The zero-order chi connectivity index (χ0) is 16.4. The van der Waals surface area contributed by atoms with Gasteiger partial charge in [0.15, 0.2) is 19.9 Å². The van der Waals surface area contributed by atoms with Crippen molar-refractivity contribution in [1.82, 2.24) is 0 Å². The van der Waals surface area contributed by atoms with Gasteiger partial charge in [-0.2, -0.15) is 0 Å². The molecule has 3 nitrogen and oxygen atoms in total. The van der Waals surface area contributed by atoms with Crippen molar-refractivity contribution in [2.75, 3.05) is 14.2 Å². The Labute approximate surface area is 136 Å². The summed E-state index contributed by atoms with van der Waals surface area (Å²) in [4.78, 5) is 0. The fourth-order valence-electron chi connectivity index (χ4n) is 1.55. The topological polar surface area (TPSA) is 27.7 Å². The standard InChI is InChI=1S/C15H24BrFO3Si/c1-15(2,3)21(6,7)20-9-10-11(18-4)8-12(19-5)14(17)13(10)16/h8H,9H2,1-7H3. The molecule has 0 aliphatic rings. The number of methoxy groups -OCH3 is 2. The smallest absolute Gasteiger partial charge is 0.192 e. The van der Waals surface area contributed by atoms with Gasteiger partial charge in [-0.05, 0) is 34.1 Å². The molecule has 1 aromatic rings. The van der Waals surface area contributed by atoms with E-state index >= 15 is 0 Å². The van der Waals surface area contributed by atoms with E-state index in [1.807, 2.05) is 0 Å². The van der Waals surface area contributed by atoms with Crippen molar-refractivity contribution in [2.24, 2.45) is 0 Å². The van der Waals surface area contributed by atoms with Gasteiger partial charge in [0.1, 0.15) is 5.75 Å². The lowest BCUT2D eigenvalue weighted by molar-refractivity contribution is 0.267. The minimum Gasteiger partial charge on any atom is -0.496 e. The lowest BCUT2D eigenvalue weighted by atomic mass is 10.2. The van der Waals surface area contributed by atoms with E-state index in [4.69, 9.17) is 13.9 Å². The number of benzene rings is 1. The van der Waals surface area contributed by atoms with Crippen LogP contribution in [-0.2, 0) is 11.0 Å². The third-order valence-corrected chi connectivity index (χ3v) is 9.36. The first kappa shape index (κ1) is 18.5.